The Labute approximate surface area is 208 Å². The zero-order chi connectivity index (χ0) is 25.1. The Balaban J connectivity index is 1.44. The third kappa shape index (κ3) is 4.94. The van der Waals surface area contributed by atoms with Crippen LogP contribution in [0.25, 0.3) is 11.0 Å². The number of fused-ring (bicyclic) bond motifs is 1. The number of carbonyl (C=O) groups excluding carboxylic acids is 2. The van der Waals surface area contributed by atoms with Gasteiger partial charge in [0, 0.05) is 43.6 Å². The molecule has 1 aliphatic carbocycles. The summed E-state index contributed by atoms with van der Waals surface area (Å²) < 4.78 is 1.95. The Bertz CT molecular complexity index is 1330. The van der Waals surface area contributed by atoms with E-state index >= 15 is 0 Å². The molecule has 2 aliphatic rings. The first-order chi connectivity index (χ1) is 17.5. The Morgan fingerprint density at radius 3 is 2.58 bits per heavy atom. The van der Waals surface area contributed by atoms with Crippen molar-refractivity contribution >= 4 is 34.5 Å². The second-order valence-electron chi connectivity index (χ2n) is 9.38. The number of pyridine rings is 1. The molecule has 0 unspecified atom stereocenters. The van der Waals surface area contributed by atoms with E-state index in [-0.39, 0.29) is 17.5 Å². The van der Waals surface area contributed by atoms with Crippen molar-refractivity contribution < 1.29 is 14.4 Å². The number of rotatable bonds is 7. The lowest BCUT2D eigenvalue weighted by atomic mass is 9.95. The van der Waals surface area contributed by atoms with Gasteiger partial charge < -0.3 is 14.8 Å². The molecule has 1 saturated carbocycles. The molecule has 2 fully saturated rings. The normalized spacial score (nSPS) is 16.5. The van der Waals surface area contributed by atoms with Gasteiger partial charge in [0.15, 0.2) is 0 Å². The third-order valence-corrected chi connectivity index (χ3v) is 6.93. The number of nitrogens with one attached hydrogen (secondary N) is 2. The quantitative estimate of drug-likeness (QED) is 0.487. The van der Waals surface area contributed by atoms with Crippen molar-refractivity contribution in [1.82, 2.24) is 24.9 Å². The van der Waals surface area contributed by atoms with Crippen LogP contribution in [0, 0.1) is 0 Å². The fourth-order valence-corrected chi connectivity index (χ4v) is 5.06. The predicted molar refractivity (Wildman–Crippen MR) is 135 cm³/mol. The number of hydrogen-bond acceptors (Lipinski definition) is 7. The highest BCUT2D eigenvalue weighted by molar-refractivity contribution is 5.96. The van der Waals surface area contributed by atoms with Crippen molar-refractivity contribution in [1.29, 1.82) is 0 Å². The zero-order valence-corrected chi connectivity index (χ0v) is 20.3. The van der Waals surface area contributed by atoms with E-state index in [9.17, 15) is 14.4 Å². The molecule has 5 rings (SSSR count). The van der Waals surface area contributed by atoms with Gasteiger partial charge in [-0.3, -0.25) is 19.2 Å². The van der Waals surface area contributed by atoms with E-state index < -0.39 is 11.3 Å². The molecular weight excluding hydrogens is 460 g/mol. The van der Waals surface area contributed by atoms with Gasteiger partial charge in [0.2, 0.25) is 17.3 Å². The largest absolute Gasteiger partial charge is 0.338 e. The third-order valence-electron chi connectivity index (χ3n) is 6.93. The van der Waals surface area contributed by atoms with Crippen LogP contribution >= 0.6 is 0 Å². The summed E-state index contributed by atoms with van der Waals surface area (Å²) in [6.45, 7) is 1.42. The maximum Gasteiger partial charge on any atom is 0.280 e. The predicted octanol–water partition coefficient (Wildman–Crippen LogP) is 3.45. The molecule has 0 spiro atoms. The summed E-state index contributed by atoms with van der Waals surface area (Å²) in [5, 5.41) is 3.51. The summed E-state index contributed by atoms with van der Waals surface area (Å²) in [7, 11) is 1.33. The molecular formula is C26H30N6O4. The lowest BCUT2D eigenvalue weighted by molar-refractivity contribution is -0.128. The van der Waals surface area contributed by atoms with Gasteiger partial charge in [0.25, 0.3) is 5.91 Å². The number of carbonyl (C=O) groups is 2. The Hall–Kier alpha value is -3.79. The zero-order valence-electron chi connectivity index (χ0n) is 20.3. The Morgan fingerprint density at radius 2 is 1.89 bits per heavy atom. The van der Waals surface area contributed by atoms with Crippen LogP contribution in [0.5, 0.6) is 0 Å². The van der Waals surface area contributed by atoms with Crippen molar-refractivity contribution in [2.75, 3.05) is 19.0 Å². The lowest BCUT2D eigenvalue weighted by Gasteiger charge is -2.26. The molecule has 0 bridgehead atoms. The molecule has 10 nitrogen and oxygen atoms in total. The minimum Gasteiger partial charge on any atom is -0.338 e. The minimum absolute atomic E-state index is 0.00584. The van der Waals surface area contributed by atoms with E-state index in [1.54, 1.807) is 6.20 Å². The molecule has 188 valence electrons. The summed E-state index contributed by atoms with van der Waals surface area (Å²) in [5.41, 5.74) is 4.18. The highest BCUT2D eigenvalue weighted by Gasteiger charge is 2.23. The van der Waals surface area contributed by atoms with Crippen LogP contribution in [-0.2, 0) is 16.2 Å². The van der Waals surface area contributed by atoms with Crippen molar-refractivity contribution in [2.24, 2.45) is 0 Å². The van der Waals surface area contributed by atoms with Crippen molar-refractivity contribution in [3.05, 3.63) is 58.0 Å². The number of nitrogens with zero attached hydrogens (tertiary/aromatic N) is 4. The number of aromatic nitrogens is 3. The van der Waals surface area contributed by atoms with Crippen LogP contribution in [0.3, 0.4) is 0 Å². The van der Waals surface area contributed by atoms with E-state index in [1.807, 2.05) is 33.7 Å². The first-order valence-corrected chi connectivity index (χ1v) is 12.4. The summed E-state index contributed by atoms with van der Waals surface area (Å²) in [5.74, 6) is -0.0245. The second kappa shape index (κ2) is 10.4. The smallest absolute Gasteiger partial charge is 0.280 e. The highest BCUT2D eigenvalue weighted by atomic mass is 16.6. The molecule has 2 aromatic heterocycles. The maximum absolute atomic E-state index is 13.1. The lowest BCUT2D eigenvalue weighted by Crippen LogP contribution is -2.30. The average molecular weight is 491 g/mol. The van der Waals surface area contributed by atoms with Gasteiger partial charge >= 0.3 is 0 Å². The van der Waals surface area contributed by atoms with Gasteiger partial charge in [-0.25, -0.2) is 10.5 Å². The van der Waals surface area contributed by atoms with E-state index in [1.165, 1.54) is 19.7 Å². The van der Waals surface area contributed by atoms with Crippen LogP contribution in [0.15, 0.2) is 41.5 Å². The van der Waals surface area contributed by atoms with Crippen LogP contribution in [0.2, 0.25) is 0 Å². The average Bonchev–Trinajstić information content (AvgIpc) is 3.30. The van der Waals surface area contributed by atoms with Crippen LogP contribution < -0.4 is 16.2 Å². The number of hydrogen-bond donors (Lipinski definition) is 2. The first kappa shape index (κ1) is 23.9. The van der Waals surface area contributed by atoms with E-state index in [2.05, 4.69) is 15.8 Å². The number of likely N-dealkylation sites (tertiary alicyclic amines) is 1. The molecule has 1 aliphatic heterocycles. The van der Waals surface area contributed by atoms with Gasteiger partial charge in [-0.05, 0) is 37.0 Å². The van der Waals surface area contributed by atoms with Crippen molar-refractivity contribution in [3.63, 3.8) is 0 Å². The maximum atomic E-state index is 13.1. The van der Waals surface area contributed by atoms with E-state index in [0.717, 1.165) is 49.9 Å². The van der Waals surface area contributed by atoms with Gasteiger partial charge in [0.05, 0.1) is 12.5 Å². The van der Waals surface area contributed by atoms with Crippen molar-refractivity contribution in [2.45, 2.75) is 57.5 Å². The summed E-state index contributed by atoms with van der Waals surface area (Å²) in [6.07, 6.45) is 9.88. The van der Waals surface area contributed by atoms with Crippen LogP contribution in [0.4, 0.5) is 11.6 Å². The SMILES string of the molecule is CONC(=O)c1cn(C2CCCCC2)c2nc(Nc3ccc(CN4CCCC4=O)cc3)ncc2c1=O. The van der Waals surface area contributed by atoms with Crippen LogP contribution in [0.1, 0.15) is 66.9 Å². The van der Waals surface area contributed by atoms with Gasteiger partial charge in [-0.2, -0.15) is 4.98 Å². The van der Waals surface area contributed by atoms with E-state index in [0.29, 0.717) is 29.9 Å². The molecule has 0 atom stereocenters. The summed E-state index contributed by atoms with van der Waals surface area (Å²) in [6, 6.07) is 7.96. The number of amides is 2. The fourth-order valence-electron chi connectivity index (χ4n) is 5.06. The molecule has 3 heterocycles. The highest BCUT2D eigenvalue weighted by Crippen LogP contribution is 2.30. The fraction of sp³-hybridized carbons (Fsp3) is 0.423. The summed E-state index contributed by atoms with van der Waals surface area (Å²) >= 11 is 0. The molecule has 10 heteroatoms. The van der Waals surface area contributed by atoms with Gasteiger partial charge in [-0.15, -0.1) is 0 Å². The number of benzene rings is 1. The molecule has 3 aromatic rings. The Morgan fingerprint density at radius 1 is 1.11 bits per heavy atom. The van der Waals surface area contributed by atoms with Crippen LogP contribution in [-0.4, -0.2) is 44.9 Å². The Kier molecular flexibility index (Phi) is 6.95. The molecule has 1 saturated heterocycles. The van der Waals surface area contributed by atoms with Gasteiger partial charge in [0.1, 0.15) is 11.2 Å². The number of anilines is 2. The molecule has 0 radical (unpaired) electrons. The molecule has 2 N–H and O–H groups in total. The summed E-state index contributed by atoms with van der Waals surface area (Å²) in [4.78, 5) is 53.1. The second-order valence-corrected chi connectivity index (χ2v) is 9.38. The molecule has 1 aromatic carbocycles. The van der Waals surface area contributed by atoms with Crippen molar-refractivity contribution in [3.8, 4) is 0 Å². The minimum atomic E-state index is -0.591. The standard InChI is InChI=1S/C26H30N6O4/c1-36-30-25(35)21-16-32(19-6-3-2-4-7-19)24-20(23(21)34)14-27-26(29-24)28-18-11-9-17(10-12-18)15-31-13-5-8-22(31)33/h9-12,14,16,19H,2-8,13,15H2,1H3,(H,30,35)(H,27,28,29). The van der Waals surface area contributed by atoms with Gasteiger partial charge in [-0.1, -0.05) is 31.4 Å². The molecule has 2 amide bonds. The topological polar surface area (TPSA) is 118 Å². The number of hydroxylamine groups is 1. The monoisotopic (exact) mass is 490 g/mol. The molecule has 36 heavy (non-hydrogen) atoms. The first-order valence-electron chi connectivity index (χ1n) is 12.4. The van der Waals surface area contributed by atoms with E-state index in [4.69, 9.17) is 9.82 Å².